The number of methoxy groups -OCH3 is 1. The number of amides is 1. The minimum Gasteiger partial charge on any atom is -0.465 e. The molecule has 1 N–H and O–H groups in total. The zero-order valence-electron chi connectivity index (χ0n) is 15.0. The highest BCUT2D eigenvalue weighted by atomic mass is 32.1. The Hall–Kier alpha value is -2.94. The Morgan fingerprint density at radius 3 is 2.48 bits per heavy atom. The van der Waals surface area contributed by atoms with E-state index in [1.54, 1.807) is 36.6 Å². The third-order valence-electron chi connectivity index (χ3n) is 3.74. The SMILES string of the molecule is COC(=O)c1ccc(CNC(=O)COC(=O)CCn2c(C)csc2=O)cc1. The summed E-state index contributed by atoms with van der Waals surface area (Å²) in [4.78, 5) is 46.3. The molecular formula is C18H20N2O6S. The first-order chi connectivity index (χ1) is 12.9. The van der Waals surface area contributed by atoms with Crippen molar-refractivity contribution in [1.82, 2.24) is 9.88 Å². The van der Waals surface area contributed by atoms with Crippen molar-refractivity contribution in [1.29, 1.82) is 0 Å². The molecule has 1 heterocycles. The number of nitrogens with one attached hydrogen (secondary N) is 1. The molecule has 2 rings (SSSR count). The quantitative estimate of drug-likeness (QED) is 0.678. The van der Waals surface area contributed by atoms with Gasteiger partial charge < -0.3 is 19.4 Å². The van der Waals surface area contributed by atoms with Crippen LogP contribution in [0.25, 0.3) is 0 Å². The molecule has 0 atom stereocenters. The summed E-state index contributed by atoms with van der Waals surface area (Å²) in [6.45, 7) is 1.85. The number of carbonyl (C=O) groups excluding carboxylic acids is 3. The van der Waals surface area contributed by atoms with Crippen LogP contribution in [0.2, 0.25) is 0 Å². The van der Waals surface area contributed by atoms with E-state index in [1.807, 2.05) is 0 Å². The first-order valence-corrected chi connectivity index (χ1v) is 9.03. The van der Waals surface area contributed by atoms with E-state index in [9.17, 15) is 19.2 Å². The van der Waals surface area contributed by atoms with Gasteiger partial charge in [0.25, 0.3) is 5.91 Å². The Kier molecular flexibility index (Phi) is 7.30. The molecule has 0 aliphatic heterocycles. The average Bonchev–Trinajstić information content (AvgIpc) is 3.00. The summed E-state index contributed by atoms with van der Waals surface area (Å²) < 4.78 is 11.0. The monoisotopic (exact) mass is 392 g/mol. The molecule has 0 saturated heterocycles. The lowest BCUT2D eigenvalue weighted by Gasteiger charge is -2.08. The van der Waals surface area contributed by atoms with Crippen LogP contribution in [0.15, 0.2) is 34.4 Å². The lowest BCUT2D eigenvalue weighted by molar-refractivity contribution is -0.148. The molecule has 1 aromatic heterocycles. The highest BCUT2D eigenvalue weighted by molar-refractivity contribution is 7.07. The number of rotatable bonds is 8. The predicted molar refractivity (Wildman–Crippen MR) is 98.5 cm³/mol. The smallest absolute Gasteiger partial charge is 0.337 e. The Labute approximate surface area is 159 Å². The van der Waals surface area contributed by atoms with E-state index in [0.29, 0.717) is 5.56 Å². The fourth-order valence-electron chi connectivity index (χ4n) is 2.22. The van der Waals surface area contributed by atoms with Crippen LogP contribution in [-0.2, 0) is 32.2 Å². The number of nitrogens with zero attached hydrogens (tertiary/aromatic N) is 1. The normalized spacial score (nSPS) is 10.3. The number of aromatic nitrogens is 1. The highest BCUT2D eigenvalue weighted by Crippen LogP contribution is 2.05. The average molecular weight is 392 g/mol. The lowest BCUT2D eigenvalue weighted by atomic mass is 10.1. The Balaban J connectivity index is 1.70. The third kappa shape index (κ3) is 6.07. The summed E-state index contributed by atoms with van der Waals surface area (Å²) in [5.74, 6) is -1.42. The van der Waals surface area contributed by atoms with Gasteiger partial charge in [0.05, 0.1) is 19.1 Å². The minimum atomic E-state index is -0.551. The topological polar surface area (TPSA) is 104 Å². The highest BCUT2D eigenvalue weighted by Gasteiger charge is 2.10. The number of benzene rings is 1. The van der Waals surface area contributed by atoms with Gasteiger partial charge in [0, 0.05) is 24.2 Å². The maximum absolute atomic E-state index is 11.8. The van der Waals surface area contributed by atoms with E-state index in [0.717, 1.165) is 22.6 Å². The first kappa shape index (κ1) is 20.4. The maximum atomic E-state index is 11.8. The molecule has 8 nitrogen and oxygen atoms in total. The second kappa shape index (κ2) is 9.67. The maximum Gasteiger partial charge on any atom is 0.337 e. The van der Waals surface area contributed by atoms with Crippen molar-refractivity contribution >= 4 is 29.2 Å². The zero-order chi connectivity index (χ0) is 19.8. The van der Waals surface area contributed by atoms with Gasteiger partial charge in [0.1, 0.15) is 0 Å². The van der Waals surface area contributed by atoms with Crippen LogP contribution in [0, 0.1) is 6.92 Å². The van der Waals surface area contributed by atoms with Gasteiger partial charge in [-0.05, 0) is 24.6 Å². The molecule has 0 aliphatic rings. The van der Waals surface area contributed by atoms with Crippen molar-refractivity contribution in [2.45, 2.75) is 26.4 Å². The molecule has 2 aromatic rings. The summed E-state index contributed by atoms with van der Waals surface area (Å²) in [5, 5.41) is 4.34. The summed E-state index contributed by atoms with van der Waals surface area (Å²) in [5.41, 5.74) is 1.99. The predicted octanol–water partition coefficient (Wildman–Crippen LogP) is 1.25. The van der Waals surface area contributed by atoms with Crippen molar-refractivity contribution in [3.63, 3.8) is 0 Å². The van der Waals surface area contributed by atoms with Crippen LogP contribution in [0.3, 0.4) is 0 Å². The van der Waals surface area contributed by atoms with Gasteiger partial charge in [0.15, 0.2) is 6.61 Å². The number of carbonyl (C=O) groups is 3. The van der Waals surface area contributed by atoms with Gasteiger partial charge in [-0.1, -0.05) is 23.5 Å². The molecule has 0 fully saturated rings. The van der Waals surface area contributed by atoms with Gasteiger partial charge in [-0.15, -0.1) is 0 Å². The minimum absolute atomic E-state index is 0.0136. The van der Waals surface area contributed by atoms with Crippen molar-refractivity contribution in [3.8, 4) is 0 Å². The molecule has 0 spiro atoms. The second-order valence-electron chi connectivity index (χ2n) is 5.67. The third-order valence-corrected chi connectivity index (χ3v) is 4.63. The zero-order valence-corrected chi connectivity index (χ0v) is 15.8. The van der Waals surface area contributed by atoms with Gasteiger partial charge in [-0.2, -0.15) is 0 Å². The number of aryl methyl sites for hydroxylation is 1. The van der Waals surface area contributed by atoms with Gasteiger partial charge in [-0.3, -0.25) is 14.4 Å². The van der Waals surface area contributed by atoms with E-state index in [-0.39, 0.29) is 24.4 Å². The summed E-state index contributed by atoms with van der Waals surface area (Å²) in [6.07, 6.45) is 0.0136. The van der Waals surface area contributed by atoms with Crippen molar-refractivity contribution in [3.05, 3.63) is 56.1 Å². The molecule has 27 heavy (non-hydrogen) atoms. The largest absolute Gasteiger partial charge is 0.465 e. The fraction of sp³-hybridized carbons (Fsp3) is 0.333. The molecule has 0 radical (unpaired) electrons. The van der Waals surface area contributed by atoms with E-state index < -0.39 is 24.5 Å². The van der Waals surface area contributed by atoms with Crippen molar-refractivity contribution in [2.24, 2.45) is 0 Å². The molecule has 0 saturated carbocycles. The first-order valence-electron chi connectivity index (χ1n) is 8.15. The van der Waals surface area contributed by atoms with Gasteiger partial charge in [-0.25, -0.2) is 4.79 Å². The van der Waals surface area contributed by atoms with Gasteiger partial charge in [0.2, 0.25) is 0 Å². The van der Waals surface area contributed by atoms with E-state index in [2.05, 4.69) is 10.1 Å². The van der Waals surface area contributed by atoms with E-state index in [4.69, 9.17) is 4.74 Å². The van der Waals surface area contributed by atoms with Crippen LogP contribution in [-0.4, -0.2) is 36.1 Å². The van der Waals surface area contributed by atoms with Crippen LogP contribution >= 0.6 is 11.3 Å². The molecule has 0 bridgehead atoms. The summed E-state index contributed by atoms with van der Waals surface area (Å²) in [6, 6.07) is 6.59. The Morgan fingerprint density at radius 2 is 1.89 bits per heavy atom. The number of esters is 2. The molecule has 1 aromatic carbocycles. The van der Waals surface area contributed by atoms with Crippen molar-refractivity contribution in [2.75, 3.05) is 13.7 Å². The molecule has 0 aliphatic carbocycles. The summed E-state index contributed by atoms with van der Waals surface area (Å²) >= 11 is 1.07. The number of hydrogen-bond acceptors (Lipinski definition) is 7. The van der Waals surface area contributed by atoms with Crippen LogP contribution in [0.5, 0.6) is 0 Å². The summed E-state index contributed by atoms with van der Waals surface area (Å²) in [7, 11) is 1.30. The van der Waals surface area contributed by atoms with Crippen LogP contribution < -0.4 is 10.2 Å². The molecule has 9 heteroatoms. The number of ether oxygens (including phenoxy) is 2. The van der Waals surface area contributed by atoms with E-state index >= 15 is 0 Å². The lowest BCUT2D eigenvalue weighted by Crippen LogP contribution is -2.28. The second-order valence-corrected chi connectivity index (χ2v) is 6.49. The Bertz CT molecular complexity index is 869. The van der Waals surface area contributed by atoms with Crippen molar-refractivity contribution < 1.29 is 23.9 Å². The molecular weight excluding hydrogens is 372 g/mol. The van der Waals surface area contributed by atoms with Crippen LogP contribution in [0.1, 0.15) is 28.0 Å². The standard InChI is InChI=1S/C18H20N2O6S/c1-12-11-27-18(24)20(12)8-7-16(22)26-10-15(21)19-9-13-3-5-14(6-4-13)17(23)25-2/h3-6,11H,7-10H2,1-2H3,(H,19,21). The van der Waals surface area contributed by atoms with E-state index in [1.165, 1.54) is 11.7 Å². The molecule has 1 amide bonds. The fourth-order valence-corrected chi connectivity index (χ4v) is 2.99. The molecule has 144 valence electrons. The van der Waals surface area contributed by atoms with Gasteiger partial charge >= 0.3 is 16.8 Å². The molecule has 0 unspecified atom stereocenters. The number of thiazole rings is 1. The number of hydrogen-bond donors (Lipinski definition) is 1. The Morgan fingerprint density at radius 1 is 1.19 bits per heavy atom. The van der Waals surface area contributed by atoms with Crippen LogP contribution in [0.4, 0.5) is 0 Å².